The quantitative estimate of drug-likeness (QED) is 0.337. The Balaban J connectivity index is 1.35. The molecule has 0 aromatic heterocycles. The third kappa shape index (κ3) is 4.07. The summed E-state index contributed by atoms with van der Waals surface area (Å²) in [7, 11) is 0. The molecule has 1 amide bonds. The number of halogens is 2. The molecule has 6 nitrogen and oxygen atoms in total. The van der Waals surface area contributed by atoms with Gasteiger partial charge < -0.3 is 15.4 Å². The van der Waals surface area contributed by atoms with Gasteiger partial charge in [-0.3, -0.25) is 9.69 Å². The number of anilines is 1. The molecule has 1 spiro atoms. The lowest BCUT2D eigenvalue weighted by molar-refractivity contribution is -0.128. The second kappa shape index (κ2) is 9.88. The van der Waals surface area contributed by atoms with Crippen molar-refractivity contribution in [2.45, 2.75) is 55.8 Å². The van der Waals surface area contributed by atoms with Crippen molar-refractivity contribution in [3.05, 3.63) is 99.0 Å². The number of carbonyl (C=O) groups is 2. The number of esters is 1. The van der Waals surface area contributed by atoms with Crippen molar-refractivity contribution in [1.29, 1.82) is 0 Å². The first-order valence-corrected chi connectivity index (χ1v) is 14.8. The van der Waals surface area contributed by atoms with Crippen LogP contribution in [0.25, 0.3) is 0 Å². The average molecular weight is 577 g/mol. The lowest BCUT2D eigenvalue weighted by Crippen LogP contribution is -2.53. The maximum absolute atomic E-state index is 14.3. The van der Waals surface area contributed by atoms with Crippen molar-refractivity contribution >= 4 is 40.8 Å². The van der Waals surface area contributed by atoms with Crippen molar-refractivity contribution in [3.63, 3.8) is 0 Å². The topological polar surface area (TPSA) is 70.7 Å². The highest BCUT2D eigenvalue weighted by molar-refractivity contribution is 6.31. The van der Waals surface area contributed by atoms with Gasteiger partial charge in [-0.05, 0) is 79.6 Å². The van der Waals surface area contributed by atoms with Crippen LogP contribution in [0, 0.1) is 5.92 Å². The molecule has 3 fully saturated rings. The second-order valence-electron chi connectivity index (χ2n) is 11.4. The van der Waals surface area contributed by atoms with E-state index in [-0.39, 0.29) is 35.9 Å². The van der Waals surface area contributed by atoms with Crippen LogP contribution in [0.2, 0.25) is 10.0 Å². The Morgan fingerprint density at radius 1 is 1.02 bits per heavy atom. The Morgan fingerprint density at radius 3 is 2.58 bits per heavy atom. The molecule has 40 heavy (non-hydrogen) atoms. The summed E-state index contributed by atoms with van der Waals surface area (Å²) in [5.74, 6) is 0.0700. The van der Waals surface area contributed by atoms with E-state index in [2.05, 4.69) is 27.7 Å². The van der Waals surface area contributed by atoms with Gasteiger partial charge >= 0.3 is 5.97 Å². The van der Waals surface area contributed by atoms with Crippen LogP contribution in [0.5, 0.6) is 0 Å². The van der Waals surface area contributed by atoms with Crippen LogP contribution in [0.4, 0.5) is 5.69 Å². The number of likely N-dealkylation sites (tertiary alicyclic amines) is 1. The Morgan fingerprint density at radius 2 is 1.80 bits per heavy atom. The van der Waals surface area contributed by atoms with Crippen molar-refractivity contribution in [2.75, 3.05) is 18.5 Å². The summed E-state index contributed by atoms with van der Waals surface area (Å²) in [5, 5.41) is 8.37. The van der Waals surface area contributed by atoms with E-state index in [1.165, 1.54) is 12.8 Å². The lowest BCUT2D eigenvalue weighted by Gasteiger charge is -2.41. The predicted molar refractivity (Wildman–Crippen MR) is 156 cm³/mol. The average Bonchev–Trinajstić information content (AvgIpc) is 3.50. The number of ether oxygens (including phenoxy) is 1. The third-order valence-corrected chi connectivity index (χ3v) is 9.56. The zero-order valence-corrected chi connectivity index (χ0v) is 23.7. The van der Waals surface area contributed by atoms with Gasteiger partial charge in [0.2, 0.25) is 5.91 Å². The molecule has 4 aliphatic rings. The lowest BCUT2D eigenvalue weighted by atomic mass is 9.74. The molecule has 206 valence electrons. The van der Waals surface area contributed by atoms with Gasteiger partial charge in [0.15, 0.2) is 0 Å². The third-order valence-electron chi connectivity index (χ3n) is 9.09. The molecule has 3 aromatic rings. The first-order chi connectivity index (χ1) is 19.4. The molecule has 5 atom stereocenters. The largest absolute Gasteiger partial charge is 0.462 e. The van der Waals surface area contributed by atoms with Gasteiger partial charge in [0, 0.05) is 51.9 Å². The van der Waals surface area contributed by atoms with Gasteiger partial charge in [-0.1, -0.05) is 53.5 Å². The van der Waals surface area contributed by atoms with Gasteiger partial charge in [-0.15, -0.1) is 0 Å². The van der Waals surface area contributed by atoms with Gasteiger partial charge in [0.1, 0.15) is 5.54 Å². The Kier molecular flexibility index (Phi) is 6.43. The molecule has 2 saturated heterocycles. The van der Waals surface area contributed by atoms with E-state index < -0.39 is 5.54 Å². The smallest absolute Gasteiger partial charge is 0.338 e. The molecule has 0 bridgehead atoms. The van der Waals surface area contributed by atoms with Gasteiger partial charge in [-0.2, -0.15) is 0 Å². The number of fused-ring (bicyclic) bond motifs is 3. The predicted octanol–water partition coefficient (Wildman–Crippen LogP) is 6.30. The maximum Gasteiger partial charge on any atom is 0.338 e. The molecule has 8 heteroatoms. The number of rotatable bonds is 6. The summed E-state index contributed by atoms with van der Waals surface area (Å²) >= 11 is 12.9. The highest BCUT2D eigenvalue weighted by Crippen LogP contribution is 2.61. The second-order valence-corrected chi connectivity index (χ2v) is 12.3. The van der Waals surface area contributed by atoms with E-state index in [0.29, 0.717) is 28.1 Å². The standard InChI is InChI=1S/C32H31Cl2N3O3/c1-2-40-30(38)21-7-3-5-19(13-21)25-16-27-29(35-25)28(20-6-4-8-22(33)14-20)32(37(27)17-18-9-10-18)24-12-11-23(34)15-26(24)36-31(32)39/h3-8,11-15,18,25,27-29,35H,2,9-10,16-17H2,1H3,(H,36,39)/t25-,27+,28+,29-,32-/m1/s1. The Labute approximate surface area is 244 Å². The van der Waals surface area contributed by atoms with E-state index in [9.17, 15) is 9.59 Å². The van der Waals surface area contributed by atoms with Gasteiger partial charge in [0.25, 0.3) is 0 Å². The van der Waals surface area contributed by atoms with E-state index in [4.69, 9.17) is 27.9 Å². The van der Waals surface area contributed by atoms with Crippen LogP contribution in [0.15, 0.2) is 66.7 Å². The van der Waals surface area contributed by atoms with Crippen molar-refractivity contribution in [1.82, 2.24) is 10.2 Å². The molecule has 1 aliphatic carbocycles. The van der Waals surface area contributed by atoms with Crippen LogP contribution in [-0.4, -0.2) is 42.0 Å². The minimum Gasteiger partial charge on any atom is -0.462 e. The number of amides is 1. The number of nitrogens with one attached hydrogen (secondary N) is 2. The number of benzene rings is 3. The molecule has 7 rings (SSSR count). The summed E-state index contributed by atoms with van der Waals surface area (Å²) < 4.78 is 5.26. The van der Waals surface area contributed by atoms with Crippen LogP contribution < -0.4 is 10.6 Å². The molecule has 1 saturated carbocycles. The minimum absolute atomic E-state index is 0.00699. The van der Waals surface area contributed by atoms with E-state index >= 15 is 0 Å². The summed E-state index contributed by atoms with van der Waals surface area (Å²) in [4.78, 5) is 29.3. The first-order valence-electron chi connectivity index (χ1n) is 14.1. The summed E-state index contributed by atoms with van der Waals surface area (Å²) in [6, 6.07) is 21.5. The maximum atomic E-state index is 14.3. The SMILES string of the molecule is CCOC(=O)c1cccc([C@H]2C[C@H]3[C@@H](N2)[C@H](c2cccc(Cl)c2)[C@]2(C(=O)Nc4cc(Cl)ccc42)N3CC2CC2)c1. The number of hydrogen-bond donors (Lipinski definition) is 2. The van der Waals surface area contributed by atoms with Crippen molar-refractivity contribution < 1.29 is 14.3 Å². The Bertz CT molecular complexity index is 1510. The molecule has 3 aromatic carbocycles. The first kappa shape index (κ1) is 26.0. The molecule has 3 heterocycles. The summed E-state index contributed by atoms with van der Waals surface area (Å²) in [5.41, 5.74) is 3.51. The zero-order chi connectivity index (χ0) is 27.6. The van der Waals surface area contributed by atoms with Gasteiger partial charge in [0.05, 0.1) is 12.2 Å². The monoisotopic (exact) mass is 575 g/mol. The van der Waals surface area contributed by atoms with Crippen LogP contribution in [0.1, 0.15) is 65.2 Å². The van der Waals surface area contributed by atoms with Crippen LogP contribution >= 0.6 is 23.2 Å². The Hall–Kier alpha value is -2.90. The van der Waals surface area contributed by atoms with E-state index in [1.807, 2.05) is 55.5 Å². The summed E-state index contributed by atoms with van der Waals surface area (Å²) in [6.07, 6.45) is 3.18. The van der Waals surface area contributed by atoms with Gasteiger partial charge in [-0.25, -0.2) is 4.79 Å². The fourth-order valence-electron chi connectivity index (χ4n) is 7.36. The molecule has 0 unspecified atom stereocenters. The summed E-state index contributed by atoms with van der Waals surface area (Å²) in [6.45, 7) is 3.00. The van der Waals surface area contributed by atoms with Crippen LogP contribution in [0.3, 0.4) is 0 Å². The van der Waals surface area contributed by atoms with Crippen LogP contribution in [-0.2, 0) is 15.1 Å². The highest BCUT2D eigenvalue weighted by Gasteiger charge is 2.68. The molecule has 3 aliphatic heterocycles. The number of nitrogens with zero attached hydrogens (tertiary/aromatic N) is 1. The number of carbonyl (C=O) groups excluding carboxylic acids is 2. The fourth-order valence-corrected chi connectivity index (χ4v) is 7.73. The zero-order valence-electron chi connectivity index (χ0n) is 22.2. The molecule has 2 N–H and O–H groups in total. The van der Waals surface area contributed by atoms with Crippen molar-refractivity contribution in [2.24, 2.45) is 5.92 Å². The molecular formula is C32H31Cl2N3O3. The highest BCUT2D eigenvalue weighted by atomic mass is 35.5. The number of hydrogen-bond acceptors (Lipinski definition) is 5. The fraction of sp³-hybridized carbons (Fsp3) is 0.375. The molecular weight excluding hydrogens is 545 g/mol. The minimum atomic E-state index is -0.882. The van der Waals surface area contributed by atoms with Crippen molar-refractivity contribution in [3.8, 4) is 0 Å². The molecule has 0 radical (unpaired) electrons. The van der Waals surface area contributed by atoms with E-state index in [0.717, 1.165) is 35.3 Å². The normalized spacial score (nSPS) is 28.9. The van der Waals surface area contributed by atoms with E-state index in [1.54, 1.807) is 6.07 Å².